The van der Waals surface area contributed by atoms with Gasteiger partial charge < -0.3 is 24.1 Å². The quantitative estimate of drug-likeness (QED) is 0.501. The van der Waals surface area contributed by atoms with Crippen LogP contribution in [-0.2, 0) is 9.59 Å². The van der Waals surface area contributed by atoms with Crippen LogP contribution in [-0.4, -0.2) is 32.6 Å². The molecule has 7 nitrogen and oxygen atoms in total. The molecule has 162 valence electrons. The third kappa shape index (κ3) is 3.41. The fourth-order valence-electron chi connectivity index (χ4n) is 4.17. The number of carbonyl (C=O) groups is 2. The molecule has 1 fully saturated rings. The number of hydrogen-bond acceptors (Lipinski definition) is 5. The van der Waals surface area contributed by atoms with Crippen LogP contribution in [0.3, 0.4) is 0 Å². The molecule has 5 rings (SSSR count). The van der Waals surface area contributed by atoms with E-state index in [1.54, 1.807) is 30.2 Å². The van der Waals surface area contributed by atoms with Crippen LogP contribution in [0.4, 0.5) is 11.4 Å². The lowest BCUT2D eigenvalue weighted by Gasteiger charge is -2.20. The largest absolute Gasteiger partial charge is 0.497 e. The average Bonchev–Trinajstić information content (AvgIpc) is 3.38. The molecule has 1 aromatic heterocycles. The van der Waals surface area contributed by atoms with Crippen molar-refractivity contribution in [2.45, 2.75) is 6.42 Å². The molecule has 1 aliphatic heterocycles. The number of anilines is 2. The first-order valence-corrected chi connectivity index (χ1v) is 10.3. The van der Waals surface area contributed by atoms with E-state index < -0.39 is 5.92 Å². The van der Waals surface area contributed by atoms with Gasteiger partial charge in [0.1, 0.15) is 22.7 Å². The number of rotatable bonds is 5. The number of furan rings is 1. The summed E-state index contributed by atoms with van der Waals surface area (Å²) in [6.07, 6.45) is 0.133. The van der Waals surface area contributed by atoms with E-state index in [-0.39, 0.29) is 24.8 Å². The molecule has 0 bridgehead atoms. The van der Waals surface area contributed by atoms with Gasteiger partial charge in [0.05, 0.1) is 25.8 Å². The molecule has 1 saturated heterocycles. The maximum Gasteiger partial charge on any atom is 0.229 e. The van der Waals surface area contributed by atoms with Crippen molar-refractivity contribution < 1.29 is 23.5 Å². The molecule has 3 aromatic carbocycles. The predicted octanol–water partition coefficient (Wildman–Crippen LogP) is 4.59. The molecule has 0 saturated carbocycles. The van der Waals surface area contributed by atoms with E-state index in [1.807, 2.05) is 42.5 Å². The van der Waals surface area contributed by atoms with E-state index in [2.05, 4.69) is 5.32 Å². The number of nitrogens with zero attached hydrogens (tertiary/aromatic N) is 1. The van der Waals surface area contributed by atoms with Crippen molar-refractivity contribution >= 4 is 45.1 Å². The number of amides is 2. The second kappa shape index (κ2) is 7.92. The molecule has 0 unspecified atom stereocenters. The summed E-state index contributed by atoms with van der Waals surface area (Å²) in [4.78, 5) is 27.2. The van der Waals surface area contributed by atoms with Gasteiger partial charge in [-0.25, -0.2) is 0 Å². The van der Waals surface area contributed by atoms with Crippen molar-refractivity contribution in [2.75, 3.05) is 31.0 Å². The normalized spacial score (nSPS) is 16.0. The lowest BCUT2D eigenvalue weighted by Crippen LogP contribution is -2.28. The van der Waals surface area contributed by atoms with Crippen LogP contribution in [0.5, 0.6) is 11.5 Å². The number of ether oxygens (including phenoxy) is 2. The van der Waals surface area contributed by atoms with Crippen LogP contribution in [0.15, 0.2) is 65.1 Å². The fraction of sp³-hybridized carbons (Fsp3) is 0.200. The van der Waals surface area contributed by atoms with Crippen LogP contribution in [0.2, 0.25) is 0 Å². The Morgan fingerprint density at radius 2 is 1.81 bits per heavy atom. The van der Waals surface area contributed by atoms with Gasteiger partial charge in [-0.05, 0) is 30.3 Å². The summed E-state index contributed by atoms with van der Waals surface area (Å²) < 4.78 is 16.5. The van der Waals surface area contributed by atoms with Crippen molar-refractivity contribution in [2.24, 2.45) is 5.92 Å². The number of carbonyl (C=O) groups excluding carboxylic acids is 2. The first-order chi connectivity index (χ1) is 15.6. The number of methoxy groups -OCH3 is 2. The average molecular weight is 430 g/mol. The molecule has 0 radical (unpaired) electrons. The Hall–Kier alpha value is -4.00. The first-order valence-electron chi connectivity index (χ1n) is 10.3. The van der Waals surface area contributed by atoms with Gasteiger partial charge in [-0.15, -0.1) is 0 Å². The van der Waals surface area contributed by atoms with Crippen molar-refractivity contribution in [1.82, 2.24) is 0 Å². The summed E-state index contributed by atoms with van der Waals surface area (Å²) in [5, 5.41) is 4.96. The molecular weight excluding hydrogens is 408 g/mol. The lowest BCUT2D eigenvalue weighted by molar-refractivity contribution is -0.122. The zero-order valence-corrected chi connectivity index (χ0v) is 17.8. The zero-order chi connectivity index (χ0) is 22.2. The van der Waals surface area contributed by atoms with Gasteiger partial charge in [0.2, 0.25) is 11.8 Å². The number of nitrogens with one attached hydrogen (secondary N) is 1. The van der Waals surface area contributed by atoms with E-state index in [9.17, 15) is 9.59 Å². The Morgan fingerprint density at radius 1 is 1.00 bits per heavy atom. The topological polar surface area (TPSA) is 81.0 Å². The molecule has 4 aromatic rings. The Labute approximate surface area is 184 Å². The SMILES string of the molecule is COc1ccc(N2C[C@@H](C(=O)Nc3ccc4c(c3)oc3ccccc34)CC2=O)c(OC)c1. The molecule has 2 amide bonds. The second-order valence-corrected chi connectivity index (χ2v) is 7.74. The van der Waals surface area contributed by atoms with Crippen LogP contribution >= 0.6 is 0 Å². The van der Waals surface area contributed by atoms with Crippen molar-refractivity contribution in [3.8, 4) is 11.5 Å². The molecule has 32 heavy (non-hydrogen) atoms. The van der Waals surface area contributed by atoms with Gasteiger partial charge in [-0.3, -0.25) is 9.59 Å². The molecule has 0 aliphatic carbocycles. The summed E-state index contributed by atoms with van der Waals surface area (Å²) in [7, 11) is 3.11. The standard InChI is InChI=1S/C25H22N2O5/c1-30-17-8-10-20(23(13-17)31-2)27-14-15(11-24(27)28)25(29)26-16-7-9-19-18-5-3-4-6-21(18)32-22(19)12-16/h3-10,12-13,15H,11,14H2,1-2H3,(H,26,29)/t15-/m0/s1. The van der Waals surface area contributed by atoms with Gasteiger partial charge in [0.25, 0.3) is 0 Å². The molecule has 1 N–H and O–H groups in total. The number of benzene rings is 3. The van der Waals surface area contributed by atoms with Crippen LogP contribution < -0.4 is 19.7 Å². The lowest BCUT2D eigenvalue weighted by atomic mass is 10.1. The predicted molar refractivity (Wildman–Crippen MR) is 122 cm³/mol. The third-order valence-electron chi connectivity index (χ3n) is 5.82. The molecule has 1 aliphatic rings. The van der Waals surface area contributed by atoms with Crippen molar-refractivity contribution in [3.05, 3.63) is 60.7 Å². The number of para-hydroxylation sites is 1. The van der Waals surface area contributed by atoms with Gasteiger partial charge in [-0.1, -0.05) is 18.2 Å². The second-order valence-electron chi connectivity index (χ2n) is 7.74. The maximum atomic E-state index is 12.9. The molecule has 1 atom stereocenters. The van der Waals surface area contributed by atoms with Crippen LogP contribution in [0.25, 0.3) is 21.9 Å². The highest BCUT2D eigenvalue weighted by Gasteiger charge is 2.36. The Bertz CT molecular complexity index is 1340. The number of hydrogen-bond donors (Lipinski definition) is 1. The monoisotopic (exact) mass is 430 g/mol. The van der Waals surface area contributed by atoms with E-state index in [0.29, 0.717) is 28.5 Å². The first kappa shape index (κ1) is 19.9. The fourth-order valence-corrected chi connectivity index (χ4v) is 4.17. The highest BCUT2D eigenvalue weighted by atomic mass is 16.5. The minimum Gasteiger partial charge on any atom is -0.497 e. The summed E-state index contributed by atoms with van der Waals surface area (Å²) in [5.41, 5.74) is 2.76. The van der Waals surface area contributed by atoms with Crippen molar-refractivity contribution in [3.63, 3.8) is 0 Å². The van der Waals surface area contributed by atoms with Gasteiger partial charge >= 0.3 is 0 Å². The van der Waals surface area contributed by atoms with E-state index in [4.69, 9.17) is 13.9 Å². The highest BCUT2D eigenvalue weighted by Crippen LogP contribution is 2.36. The van der Waals surface area contributed by atoms with E-state index >= 15 is 0 Å². The Kier molecular flexibility index (Phi) is 4.93. The maximum absolute atomic E-state index is 12.9. The zero-order valence-electron chi connectivity index (χ0n) is 17.8. The molecular formula is C25H22N2O5. The summed E-state index contributed by atoms with van der Waals surface area (Å²) in [6.45, 7) is 0.278. The molecule has 2 heterocycles. The molecule has 7 heteroatoms. The highest BCUT2D eigenvalue weighted by molar-refractivity contribution is 6.07. The smallest absolute Gasteiger partial charge is 0.229 e. The minimum absolute atomic E-state index is 0.124. The van der Waals surface area contributed by atoms with E-state index in [0.717, 1.165) is 16.4 Å². The van der Waals surface area contributed by atoms with Crippen molar-refractivity contribution in [1.29, 1.82) is 0 Å². The van der Waals surface area contributed by atoms with Gasteiger partial charge in [0, 0.05) is 41.6 Å². The molecule has 0 spiro atoms. The summed E-state index contributed by atoms with van der Waals surface area (Å²) in [5.74, 6) is 0.354. The minimum atomic E-state index is -0.472. The third-order valence-corrected chi connectivity index (χ3v) is 5.82. The van der Waals surface area contributed by atoms with Gasteiger partial charge in [0.15, 0.2) is 0 Å². The number of fused-ring (bicyclic) bond motifs is 3. The van der Waals surface area contributed by atoms with Gasteiger partial charge in [-0.2, -0.15) is 0 Å². The Balaban J connectivity index is 1.34. The Morgan fingerprint density at radius 3 is 2.62 bits per heavy atom. The summed E-state index contributed by atoms with van der Waals surface area (Å²) in [6, 6.07) is 18.7. The van der Waals surface area contributed by atoms with Crippen LogP contribution in [0.1, 0.15) is 6.42 Å². The summed E-state index contributed by atoms with van der Waals surface area (Å²) >= 11 is 0. The van der Waals surface area contributed by atoms with Crippen LogP contribution in [0, 0.1) is 5.92 Å². The van der Waals surface area contributed by atoms with E-state index in [1.165, 1.54) is 7.11 Å².